The summed E-state index contributed by atoms with van der Waals surface area (Å²) in [7, 11) is 2.13. The first kappa shape index (κ1) is 15.7. The third-order valence-electron chi connectivity index (χ3n) is 4.51. The molecule has 1 unspecified atom stereocenters. The van der Waals surface area contributed by atoms with Crippen molar-refractivity contribution in [1.29, 1.82) is 0 Å². The van der Waals surface area contributed by atoms with Gasteiger partial charge in [-0.1, -0.05) is 0 Å². The van der Waals surface area contributed by atoms with Gasteiger partial charge in [0.25, 0.3) is 5.91 Å². The van der Waals surface area contributed by atoms with Crippen molar-refractivity contribution in [2.24, 2.45) is 5.92 Å². The molecule has 0 fully saturated rings. The maximum absolute atomic E-state index is 12.7. The van der Waals surface area contributed by atoms with E-state index in [0.29, 0.717) is 24.2 Å². The number of H-pyrrole nitrogens is 1. The zero-order valence-electron chi connectivity index (χ0n) is 13.9. The van der Waals surface area contributed by atoms with Gasteiger partial charge in [-0.05, 0) is 27.0 Å². The normalized spacial score (nSPS) is 18.3. The molecule has 2 aromatic heterocycles. The summed E-state index contributed by atoms with van der Waals surface area (Å²) < 4.78 is 2.17. The Morgan fingerprint density at radius 3 is 2.96 bits per heavy atom. The van der Waals surface area contributed by atoms with E-state index in [-0.39, 0.29) is 5.91 Å². The van der Waals surface area contributed by atoms with E-state index in [2.05, 4.69) is 45.5 Å². The van der Waals surface area contributed by atoms with Crippen LogP contribution >= 0.6 is 0 Å². The van der Waals surface area contributed by atoms with Crippen molar-refractivity contribution < 1.29 is 4.79 Å². The number of nitrogens with zero attached hydrogens (tertiary/aromatic N) is 5. The maximum Gasteiger partial charge on any atom is 0.272 e. The molecule has 23 heavy (non-hydrogen) atoms. The molecule has 0 aromatic carbocycles. The molecular formula is C16H24N6O. The van der Waals surface area contributed by atoms with Gasteiger partial charge in [0.05, 0.1) is 6.54 Å². The lowest BCUT2D eigenvalue weighted by Gasteiger charge is -2.29. The minimum atomic E-state index is -0.0175. The summed E-state index contributed by atoms with van der Waals surface area (Å²) in [4.78, 5) is 21.3. The lowest BCUT2D eigenvalue weighted by Crippen LogP contribution is -2.40. The number of amides is 1. The van der Waals surface area contributed by atoms with Crippen LogP contribution in [0.4, 0.5) is 0 Å². The predicted molar refractivity (Wildman–Crippen MR) is 86.8 cm³/mol. The zero-order valence-corrected chi connectivity index (χ0v) is 13.9. The quantitative estimate of drug-likeness (QED) is 0.921. The Kier molecular flexibility index (Phi) is 4.47. The van der Waals surface area contributed by atoms with E-state index in [4.69, 9.17) is 0 Å². The van der Waals surface area contributed by atoms with Crippen LogP contribution in [-0.4, -0.2) is 61.6 Å². The summed E-state index contributed by atoms with van der Waals surface area (Å²) in [6.45, 7) is 7.46. The molecule has 1 amide bonds. The van der Waals surface area contributed by atoms with Crippen molar-refractivity contribution in [3.05, 3.63) is 36.2 Å². The summed E-state index contributed by atoms with van der Waals surface area (Å²) in [5.74, 6) is 1.29. The minimum Gasteiger partial charge on any atom is -0.333 e. The van der Waals surface area contributed by atoms with Crippen molar-refractivity contribution in [2.75, 3.05) is 20.1 Å². The van der Waals surface area contributed by atoms with E-state index in [1.165, 1.54) is 0 Å². The van der Waals surface area contributed by atoms with E-state index in [1.54, 1.807) is 12.3 Å². The van der Waals surface area contributed by atoms with Gasteiger partial charge in [0.2, 0.25) is 0 Å². The van der Waals surface area contributed by atoms with E-state index >= 15 is 0 Å². The second-order valence-electron chi connectivity index (χ2n) is 6.55. The summed E-state index contributed by atoms with van der Waals surface area (Å²) in [6, 6.07) is 2.20. The molecule has 0 bridgehead atoms. The Hall–Kier alpha value is -2.15. The largest absolute Gasteiger partial charge is 0.333 e. The molecule has 1 N–H and O–H groups in total. The summed E-state index contributed by atoms with van der Waals surface area (Å²) in [5, 5.41) is 6.65. The fourth-order valence-electron chi connectivity index (χ4n) is 2.97. The highest BCUT2D eigenvalue weighted by Crippen LogP contribution is 2.18. The lowest BCUT2D eigenvalue weighted by molar-refractivity contribution is 0.0696. The van der Waals surface area contributed by atoms with Crippen molar-refractivity contribution in [1.82, 2.24) is 29.5 Å². The molecule has 7 heteroatoms. The Labute approximate surface area is 136 Å². The molecule has 3 heterocycles. The standard InChI is InChI=1S/C16H24N6O/c1-12(2)20(3)8-13-9-21-7-6-17-15(21)11-22(10-13)16(23)14-4-5-18-19-14/h4-7,12-13H,8-11H2,1-3H3,(H,18,19). The average molecular weight is 316 g/mol. The second kappa shape index (κ2) is 6.54. The maximum atomic E-state index is 12.7. The Balaban J connectivity index is 1.81. The molecule has 3 rings (SSSR count). The number of hydrogen-bond acceptors (Lipinski definition) is 4. The second-order valence-corrected chi connectivity index (χ2v) is 6.55. The monoisotopic (exact) mass is 316 g/mol. The van der Waals surface area contributed by atoms with Gasteiger partial charge in [-0.2, -0.15) is 5.10 Å². The number of hydrogen-bond donors (Lipinski definition) is 1. The van der Waals surface area contributed by atoms with Crippen LogP contribution in [0.15, 0.2) is 24.7 Å². The van der Waals surface area contributed by atoms with E-state index in [1.807, 2.05) is 17.3 Å². The molecule has 1 atom stereocenters. The first-order valence-corrected chi connectivity index (χ1v) is 8.03. The summed E-state index contributed by atoms with van der Waals surface area (Å²) in [6.07, 6.45) is 5.42. The van der Waals surface area contributed by atoms with Crippen molar-refractivity contribution in [3.63, 3.8) is 0 Å². The third-order valence-corrected chi connectivity index (χ3v) is 4.51. The number of fused-ring (bicyclic) bond motifs is 1. The zero-order chi connectivity index (χ0) is 16.4. The van der Waals surface area contributed by atoms with Gasteiger partial charge in [0.1, 0.15) is 11.5 Å². The van der Waals surface area contributed by atoms with Crippen molar-refractivity contribution >= 4 is 5.91 Å². The lowest BCUT2D eigenvalue weighted by atomic mass is 10.1. The van der Waals surface area contributed by atoms with Crippen molar-refractivity contribution in [3.8, 4) is 0 Å². The third kappa shape index (κ3) is 3.44. The molecule has 0 spiro atoms. The van der Waals surface area contributed by atoms with Crippen LogP contribution in [0.5, 0.6) is 0 Å². The van der Waals surface area contributed by atoms with Gasteiger partial charge in [0.15, 0.2) is 0 Å². The number of nitrogens with one attached hydrogen (secondary N) is 1. The number of aromatic amines is 1. The molecule has 0 saturated carbocycles. The molecule has 0 saturated heterocycles. The van der Waals surface area contributed by atoms with Gasteiger partial charge in [-0.3, -0.25) is 9.89 Å². The van der Waals surface area contributed by atoms with Gasteiger partial charge in [-0.15, -0.1) is 0 Å². The Morgan fingerprint density at radius 1 is 1.43 bits per heavy atom. The molecule has 0 radical (unpaired) electrons. The highest BCUT2D eigenvalue weighted by atomic mass is 16.2. The molecule has 2 aromatic rings. The fourth-order valence-corrected chi connectivity index (χ4v) is 2.97. The fraction of sp³-hybridized carbons (Fsp3) is 0.562. The topological polar surface area (TPSA) is 70.1 Å². The van der Waals surface area contributed by atoms with Crippen LogP contribution in [0, 0.1) is 5.92 Å². The predicted octanol–water partition coefficient (Wildman–Crippen LogP) is 1.22. The molecule has 0 aliphatic carbocycles. The average Bonchev–Trinajstić information content (AvgIpc) is 3.15. The molecule has 1 aliphatic heterocycles. The first-order chi connectivity index (χ1) is 11.0. The highest BCUT2D eigenvalue weighted by molar-refractivity contribution is 5.92. The Bertz CT molecular complexity index is 647. The van der Waals surface area contributed by atoms with Crippen LogP contribution in [-0.2, 0) is 13.1 Å². The number of carbonyl (C=O) groups excluding carboxylic acids is 1. The first-order valence-electron chi connectivity index (χ1n) is 8.03. The van der Waals surface area contributed by atoms with E-state index in [0.717, 1.165) is 25.5 Å². The van der Waals surface area contributed by atoms with Crippen molar-refractivity contribution in [2.45, 2.75) is 33.0 Å². The number of aromatic nitrogens is 4. The SMILES string of the molecule is CC(C)N(C)CC1CN(C(=O)c2ccn[nH]2)Cc2nccn2C1. The molecule has 1 aliphatic rings. The van der Waals surface area contributed by atoms with Crippen LogP contribution in [0.1, 0.15) is 30.2 Å². The summed E-state index contributed by atoms with van der Waals surface area (Å²) >= 11 is 0. The smallest absolute Gasteiger partial charge is 0.272 e. The van der Waals surface area contributed by atoms with Crippen LogP contribution in [0.3, 0.4) is 0 Å². The van der Waals surface area contributed by atoms with Crippen LogP contribution in [0.25, 0.3) is 0 Å². The number of rotatable bonds is 4. The number of carbonyl (C=O) groups is 1. The summed E-state index contributed by atoms with van der Waals surface area (Å²) in [5.41, 5.74) is 0.529. The van der Waals surface area contributed by atoms with Crippen LogP contribution < -0.4 is 0 Å². The molecule has 124 valence electrons. The Morgan fingerprint density at radius 2 is 2.26 bits per heavy atom. The van der Waals surface area contributed by atoms with E-state index < -0.39 is 0 Å². The van der Waals surface area contributed by atoms with Gasteiger partial charge in [0, 0.05) is 50.2 Å². The van der Waals surface area contributed by atoms with Gasteiger partial charge >= 0.3 is 0 Å². The van der Waals surface area contributed by atoms with E-state index in [9.17, 15) is 4.79 Å². The minimum absolute atomic E-state index is 0.0175. The molecule has 7 nitrogen and oxygen atoms in total. The van der Waals surface area contributed by atoms with Gasteiger partial charge in [-0.25, -0.2) is 4.98 Å². The highest BCUT2D eigenvalue weighted by Gasteiger charge is 2.27. The van der Waals surface area contributed by atoms with Crippen LogP contribution in [0.2, 0.25) is 0 Å². The number of imidazole rings is 1. The van der Waals surface area contributed by atoms with Gasteiger partial charge < -0.3 is 14.4 Å². The molecular weight excluding hydrogens is 292 g/mol.